The van der Waals surface area contributed by atoms with Gasteiger partial charge >= 0.3 is 0 Å². The summed E-state index contributed by atoms with van der Waals surface area (Å²) in [6.07, 6.45) is 1.65. The van der Waals surface area contributed by atoms with Gasteiger partial charge in [0.25, 0.3) is 0 Å². The number of hydrogen-bond acceptors (Lipinski definition) is 4. The van der Waals surface area contributed by atoms with Crippen LogP contribution in [-0.2, 0) is 6.54 Å². The molecule has 1 atom stereocenters. The zero-order valence-electron chi connectivity index (χ0n) is 7.36. The molecule has 5 heteroatoms. The molecular formula is C7H14N4O. The Morgan fingerprint density at radius 3 is 3.08 bits per heavy atom. The molecule has 12 heavy (non-hydrogen) atoms. The second-order valence-electron chi connectivity index (χ2n) is 2.66. The molecule has 0 bridgehead atoms. The minimum Gasteiger partial charge on any atom is -0.394 e. The topological polar surface area (TPSA) is 63.0 Å². The lowest BCUT2D eigenvalue weighted by Crippen LogP contribution is -2.21. The van der Waals surface area contributed by atoms with Gasteiger partial charge in [-0.3, -0.25) is 0 Å². The number of aromatic nitrogens is 3. The van der Waals surface area contributed by atoms with Gasteiger partial charge in [0.2, 0.25) is 0 Å². The molecule has 0 aliphatic rings. The van der Waals surface area contributed by atoms with Crippen LogP contribution in [0.4, 0.5) is 5.82 Å². The van der Waals surface area contributed by atoms with Gasteiger partial charge in [-0.1, -0.05) is 5.21 Å². The maximum Gasteiger partial charge on any atom is 0.145 e. The fourth-order valence-corrected chi connectivity index (χ4v) is 0.901. The predicted molar refractivity (Wildman–Crippen MR) is 45.9 cm³/mol. The van der Waals surface area contributed by atoms with Crippen LogP contribution in [0.3, 0.4) is 0 Å². The van der Waals surface area contributed by atoms with Gasteiger partial charge in [-0.2, -0.15) is 0 Å². The highest BCUT2D eigenvalue weighted by atomic mass is 16.3. The van der Waals surface area contributed by atoms with Crippen LogP contribution in [0.1, 0.15) is 13.8 Å². The van der Waals surface area contributed by atoms with Crippen molar-refractivity contribution < 1.29 is 5.11 Å². The molecular weight excluding hydrogens is 156 g/mol. The Labute approximate surface area is 71.4 Å². The fourth-order valence-electron chi connectivity index (χ4n) is 0.901. The first kappa shape index (κ1) is 8.99. The Morgan fingerprint density at radius 1 is 1.75 bits per heavy atom. The van der Waals surface area contributed by atoms with Crippen LogP contribution < -0.4 is 5.32 Å². The molecule has 1 heterocycles. The molecule has 0 aliphatic heterocycles. The highest BCUT2D eigenvalue weighted by Gasteiger charge is 2.04. The number of rotatable bonds is 4. The molecule has 1 unspecified atom stereocenters. The van der Waals surface area contributed by atoms with E-state index in [-0.39, 0.29) is 12.6 Å². The van der Waals surface area contributed by atoms with Gasteiger partial charge in [-0.25, -0.2) is 4.68 Å². The molecule has 1 aromatic heterocycles. The maximum atomic E-state index is 8.78. The number of nitrogens with one attached hydrogen (secondary N) is 1. The van der Waals surface area contributed by atoms with Crippen molar-refractivity contribution in [2.24, 2.45) is 0 Å². The first-order chi connectivity index (χ1) is 5.77. The Hall–Kier alpha value is -1.10. The highest BCUT2D eigenvalue weighted by Crippen LogP contribution is 2.04. The lowest BCUT2D eigenvalue weighted by Gasteiger charge is -2.11. The molecule has 0 aromatic carbocycles. The predicted octanol–water partition coefficient (Wildman–Crippen LogP) is 0.0907. The van der Waals surface area contributed by atoms with Gasteiger partial charge in [0, 0.05) is 12.6 Å². The quantitative estimate of drug-likeness (QED) is 0.672. The van der Waals surface area contributed by atoms with Gasteiger partial charge in [0.1, 0.15) is 5.82 Å². The molecule has 1 aromatic rings. The van der Waals surface area contributed by atoms with Crippen molar-refractivity contribution in [2.75, 3.05) is 11.9 Å². The maximum absolute atomic E-state index is 8.78. The van der Waals surface area contributed by atoms with Crippen LogP contribution in [-0.4, -0.2) is 32.7 Å². The molecule has 0 radical (unpaired) electrons. The van der Waals surface area contributed by atoms with E-state index in [1.54, 1.807) is 10.9 Å². The lowest BCUT2D eigenvalue weighted by molar-refractivity contribution is 0.281. The Balaban J connectivity index is 2.61. The summed E-state index contributed by atoms with van der Waals surface area (Å²) in [5.74, 6) is 0.846. The smallest absolute Gasteiger partial charge is 0.145 e. The zero-order valence-corrected chi connectivity index (χ0v) is 7.36. The number of aliphatic hydroxyl groups is 1. The number of hydrogen-bond donors (Lipinski definition) is 2. The monoisotopic (exact) mass is 170 g/mol. The van der Waals surface area contributed by atoms with Crippen molar-refractivity contribution in [2.45, 2.75) is 26.4 Å². The molecule has 5 nitrogen and oxygen atoms in total. The highest BCUT2D eigenvalue weighted by molar-refractivity contribution is 5.31. The molecule has 1 rings (SSSR count). The Bertz CT molecular complexity index is 235. The number of aliphatic hydroxyl groups excluding tert-OH is 1. The molecule has 0 spiro atoms. The third-order valence-electron chi connectivity index (χ3n) is 1.59. The normalized spacial score (nSPS) is 12.9. The summed E-state index contributed by atoms with van der Waals surface area (Å²) in [5.41, 5.74) is 0. The van der Waals surface area contributed by atoms with Crippen LogP contribution in [0.25, 0.3) is 0 Å². The molecule has 2 N–H and O–H groups in total. The largest absolute Gasteiger partial charge is 0.394 e. The summed E-state index contributed by atoms with van der Waals surface area (Å²) in [5, 5.41) is 19.5. The Kier molecular flexibility index (Phi) is 3.04. The Morgan fingerprint density at radius 2 is 2.50 bits per heavy atom. The van der Waals surface area contributed by atoms with Crippen molar-refractivity contribution in [3.05, 3.63) is 6.20 Å². The lowest BCUT2D eigenvalue weighted by atomic mass is 10.4. The van der Waals surface area contributed by atoms with Crippen molar-refractivity contribution in [1.29, 1.82) is 0 Å². The van der Waals surface area contributed by atoms with Crippen molar-refractivity contribution in [3.8, 4) is 0 Å². The van der Waals surface area contributed by atoms with E-state index in [1.807, 2.05) is 13.8 Å². The SMILES string of the molecule is CCn1nncc1NC(C)CO. The van der Waals surface area contributed by atoms with E-state index in [1.165, 1.54) is 0 Å². The summed E-state index contributed by atoms with van der Waals surface area (Å²) in [4.78, 5) is 0. The minimum atomic E-state index is 0.0359. The molecule has 0 saturated carbocycles. The number of anilines is 1. The van der Waals surface area contributed by atoms with Gasteiger partial charge < -0.3 is 10.4 Å². The third kappa shape index (κ3) is 1.94. The first-order valence-corrected chi connectivity index (χ1v) is 4.03. The van der Waals surface area contributed by atoms with E-state index in [0.717, 1.165) is 12.4 Å². The van der Waals surface area contributed by atoms with Gasteiger partial charge in [0.15, 0.2) is 0 Å². The van der Waals surface area contributed by atoms with Crippen LogP contribution in [0.5, 0.6) is 0 Å². The average Bonchev–Trinajstić information content (AvgIpc) is 2.51. The summed E-state index contributed by atoms with van der Waals surface area (Å²) >= 11 is 0. The van der Waals surface area contributed by atoms with E-state index in [0.29, 0.717) is 0 Å². The number of nitrogens with zero attached hydrogens (tertiary/aromatic N) is 3. The van der Waals surface area contributed by atoms with E-state index < -0.39 is 0 Å². The summed E-state index contributed by atoms with van der Waals surface area (Å²) in [7, 11) is 0. The van der Waals surface area contributed by atoms with Gasteiger partial charge in [-0.15, -0.1) is 5.10 Å². The van der Waals surface area contributed by atoms with E-state index in [2.05, 4.69) is 15.6 Å². The van der Waals surface area contributed by atoms with E-state index in [4.69, 9.17) is 5.11 Å². The van der Waals surface area contributed by atoms with Crippen LogP contribution in [0.2, 0.25) is 0 Å². The summed E-state index contributed by atoms with van der Waals surface area (Å²) in [6, 6.07) is 0.0359. The van der Waals surface area contributed by atoms with Gasteiger partial charge in [0.05, 0.1) is 12.8 Å². The minimum absolute atomic E-state index is 0.0359. The second kappa shape index (κ2) is 4.06. The molecule has 0 saturated heterocycles. The molecule has 0 aliphatic carbocycles. The molecule has 0 fully saturated rings. The van der Waals surface area contributed by atoms with E-state index >= 15 is 0 Å². The van der Waals surface area contributed by atoms with Crippen molar-refractivity contribution in [3.63, 3.8) is 0 Å². The average molecular weight is 170 g/mol. The standard InChI is InChI=1S/C7H14N4O/c1-3-11-7(4-8-10-11)9-6(2)5-12/h4,6,9,12H,3,5H2,1-2H3. The number of aryl methyl sites for hydroxylation is 1. The zero-order chi connectivity index (χ0) is 8.97. The van der Waals surface area contributed by atoms with Gasteiger partial charge in [-0.05, 0) is 13.8 Å². The first-order valence-electron chi connectivity index (χ1n) is 4.03. The molecule has 0 amide bonds. The van der Waals surface area contributed by atoms with Crippen LogP contribution in [0.15, 0.2) is 6.20 Å². The summed E-state index contributed by atoms with van der Waals surface area (Å²) < 4.78 is 1.74. The second-order valence-corrected chi connectivity index (χ2v) is 2.66. The third-order valence-corrected chi connectivity index (χ3v) is 1.59. The molecule has 68 valence electrons. The van der Waals surface area contributed by atoms with E-state index in [9.17, 15) is 0 Å². The van der Waals surface area contributed by atoms with Crippen molar-refractivity contribution in [1.82, 2.24) is 15.0 Å². The fraction of sp³-hybridized carbons (Fsp3) is 0.714. The van der Waals surface area contributed by atoms with Crippen LogP contribution in [0, 0.1) is 0 Å². The van der Waals surface area contributed by atoms with Crippen molar-refractivity contribution >= 4 is 5.82 Å². The van der Waals surface area contributed by atoms with Crippen LogP contribution >= 0.6 is 0 Å². The summed E-state index contributed by atoms with van der Waals surface area (Å²) in [6.45, 7) is 4.77.